The van der Waals surface area contributed by atoms with Crippen molar-refractivity contribution >= 4 is 40.3 Å². The first-order chi connectivity index (χ1) is 13.4. The van der Waals surface area contributed by atoms with Crippen LogP contribution in [0.5, 0.6) is 0 Å². The molecule has 2 amide bonds. The Morgan fingerprint density at radius 1 is 1.07 bits per heavy atom. The van der Waals surface area contributed by atoms with Gasteiger partial charge in [0.15, 0.2) is 5.12 Å². The van der Waals surface area contributed by atoms with E-state index in [-0.39, 0.29) is 16.9 Å². The lowest BCUT2D eigenvalue weighted by Crippen LogP contribution is -2.48. The largest absolute Gasteiger partial charge is 0.354 e. The highest BCUT2D eigenvalue weighted by Crippen LogP contribution is 2.12. The van der Waals surface area contributed by atoms with Crippen LogP contribution in [0.15, 0.2) is 24.3 Å². The van der Waals surface area contributed by atoms with Crippen LogP contribution in [0.25, 0.3) is 0 Å². The third-order valence-electron chi connectivity index (χ3n) is 4.19. The van der Waals surface area contributed by atoms with Crippen molar-refractivity contribution in [1.29, 1.82) is 0 Å². The SMILES string of the molecule is CCCCNC(=O)[C@@H](Cc1ccc(Cl)cc1)NC(=O)CCCCCSC(C)=O. The van der Waals surface area contributed by atoms with Gasteiger partial charge in [-0.05, 0) is 37.0 Å². The molecule has 0 fully saturated rings. The summed E-state index contributed by atoms with van der Waals surface area (Å²) in [6, 6.07) is 6.70. The minimum Gasteiger partial charge on any atom is -0.354 e. The molecule has 0 aliphatic rings. The number of thioether (sulfide) groups is 1. The van der Waals surface area contributed by atoms with E-state index < -0.39 is 6.04 Å². The number of carbonyl (C=O) groups excluding carboxylic acids is 3. The van der Waals surface area contributed by atoms with Crippen molar-refractivity contribution in [3.05, 3.63) is 34.9 Å². The topological polar surface area (TPSA) is 75.3 Å². The van der Waals surface area contributed by atoms with Gasteiger partial charge in [-0.3, -0.25) is 14.4 Å². The number of halogens is 1. The second-order valence-electron chi connectivity index (χ2n) is 6.75. The third kappa shape index (κ3) is 11.3. The Balaban J connectivity index is 2.50. The molecular formula is C21H31ClN2O3S. The molecule has 0 spiro atoms. The van der Waals surface area contributed by atoms with E-state index in [1.807, 2.05) is 12.1 Å². The lowest BCUT2D eigenvalue weighted by molar-refractivity contribution is -0.129. The van der Waals surface area contributed by atoms with Gasteiger partial charge in [0.05, 0.1) is 0 Å². The Hall–Kier alpha value is -1.53. The third-order valence-corrected chi connectivity index (χ3v) is 5.34. The van der Waals surface area contributed by atoms with E-state index in [0.717, 1.165) is 43.4 Å². The average molecular weight is 427 g/mol. The molecule has 0 aromatic heterocycles. The Bertz CT molecular complexity index is 623. The molecule has 0 radical (unpaired) electrons. The maximum atomic E-state index is 12.5. The second-order valence-corrected chi connectivity index (χ2v) is 8.45. The molecule has 2 N–H and O–H groups in total. The van der Waals surface area contributed by atoms with Crippen molar-refractivity contribution in [3.8, 4) is 0 Å². The molecule has 7 heteroatoms. The molecule has 5 nitrogen and oxygen atoms in total. The number of carbonyl (C=O) groups is 3. The van der Waals surface area contributed by atoms with Crippen molar-refractivity contribution in [2.24, 2.45) is 0 Å². The van der Waals surface area contributed by atoms with E-state index in [9.17, 15) is 14.4 Å². The lowest BCUT2D eigenvalue weighted by atomic mass is 10.0. The van der Waals surface area contributed by atoms with Crippen LogP contribution in [-0.2, 0) is 20.8 Å². The molecule has 0 aliphatic heterocycles. The van der Waals surface area contributed by atoms with E-state index in [1.165, 1.54) is 11.8 Å². The first-order valence-corrected chi connectivity index (χ1v) is 11.2. The van der Waals surface area contributed by atoms with Crippen LogP contribution in [0.3, 0.4) is 0 Å². The van der Waals surface area contributed by atoms with Crippen molar-refractivity contribution in [2.75, 3.05) is 12.3 Å². The molecule has 0 heterocycles. The van der Waals surface area contributed by atoms with Crippen molar-refractivity contribution in [2.45, 2.75) is 64.8 Å². The van der Waals surface area contributed by atoms with E-state index in [2.05, 4.69) is 17.6 Å². The number of benzene rings is 1. The maximum absolute atomic E-state index is 12.5. The zero-order valence-electron chi connectivity index (χ0n) is 16.8. The molecule has 1 aromatic rings. The smallest absolute Gasteiger partial charge is 0.242 e. The van der Waals surface area contributed by atoms with E-state index in [1.54, 1.807) is 19.1 Å². The molecular weight excluding hydrogens is 396 g/mol. The monoisotopic (exact) mass is 426 g/mol. The molecule has 1 aromatic carbocycles. The summed E-state index contributed by atoms with van der Waals surface area (Å²) in [6.45, 7) is 4.23. The average Bonchev–Trinajstić information content (AvgIpc) is 2.65. The molecule has 0 aliphatic carbocycles. The van der Waals surface area contributed by atoms with Crippen molar-refractivity contribution < 1.29 is 14.4 Å². The number of nitrogens with one attached hydrogen (secondary N) is 2. The number of amides is 2. The van der Waals surface area contributed by atoms with Gasteiger partial charge in [-0.1, -0.05) is 55.3 Å². The van der Waals surface area contributed by atoms with Crippen LogP contribution in [-0.4, -0.2) is 35.3 Å². The van der Waals surface area contributed by atoms with Crippen LogP contribution in [0.4, 0.5) is 0 Å². The molecule has 156 valence electrons. The second kappa shape index (κ2) is 14.5. The first kappa shape index (κ1) is 24.5. The highest BCUT2D eigenvalue weighted by atomic mass is 35.5. The number of hydrogen-bond acceptors (Lipinski definition) is 4. The van der Waals surface area contributed by atoms with Crippen LogP contribution in [0.2, 0.25) is 5.02 Å². The fraction of sp³-hybridized carbons (Fsp3) is 0.571. The fourth-order valence-corrected chi connectivity index (χ4v) is 3.39. The molecule has 1 atom stereocenters. The van der Waals surface area contributed by atoms with E-state index in [4.69, 9.17) is 11.6 Å². The summed E-state index contributed by atoms with van der Waals surface area (Å²) in [5.74, 6) is 0.508. The van der Waals surface area contributed by atoms with Gasteiger partial charge >= 0.3 is 0 Å². The quantitative estimate of drug-likeness (QED) is 0.465. The fourth-order valence-electron chi connectivity index (χ4n) is 2.62. The Morgan fingerprint density at radius 2 is 1.79 bits per heavy atom. The summed E-state index contributed by atoms with van der Waals surface area (Å²) in [7, 11) is 0. The minimum absolute atomic E-state index is 0.121. The Labute approximate surface area is 177 Å². The molecule has 0 bridgehead atoms. The van der Waals surface area contributed by atoms with Gasteiger partial charge in [-0.15, -0.1) is 0 Å². The lowest BCUT2D eigenvalue weighted by Gasteiger charge is -2.19. The van der Waals surface area contributed by atoms with Gasteiger partial charge in [-0.2, -0.15) is 0 Å². The molecule has 0 saturated heterocycles. The zero-order chi connectivity index (χ0) is 20.8. The van der Waals surface area contributed by atoms with Crippen molar-refractivity contribution in [3.63, 3.8) is 0 Å². The first-order valence-electron chi connectivity index (χ1n) is 9.87. The highest BCUT2D eigenvalue weighted by molar-refractivity contribution is 8.13. The number of unbranched alkanes of at least 4 members (excludes halogenated alkanes) is 3. The predicted octanol–water partition coefficient (Wildman–Crippen LogP) is 4.12. The molecule has 0 saturated carbocycles. The summed E-state index contributed by atoms with van der Waals surface area (Å²) in [6.07, 6.45) is 5.25. The Morgan fingerprint density at radius 3 is 2.43 bits per heavy atom. The van der Waals surface area contributed by atoms with Gasteiger partial charge in [0.2, 0.25) is 11.8 Å². The molecule has 28 heavy (non-hydrogen) atoms. The van der Waals surface area contributed by atoms with Crippen LogP contribution in [0.1, 0.15) is 57.9 Å². The number of rotatable bonds is 13. The summed E-state index contributed by atoms with van der Waals surface area (Å²) >= 11 is 7.24. The predicted molar refractivity (Wildman–Crippen MR) is 117 cm³/mol. The van der Waals surface area contributed by atoms with E-state index >= 15 is 0 Å². The van der Waals surface area contributed by atoms with Gasteiger partial charge in [0.25, 0.3) is 0 Å². The van der Waals surface area contributed by atoms with Crippen molar-refractivity contribution in [1.82, 2.24) is 10.6 Å². The summed E-state index contributed by atoms with van der Waals surface area (Å²) in [4.78, 5) is 35.7. The van der Waals surface area contributed by atoms with Gasteiger partial charge in [0, 0.05) is 37.1 Å². The minimum atomic E-state index is -0.598. The van der Waals surface area contributed by atoms with Crippen LogP contribution in [0, 0.1) is 0 Å². The normalized spacial score (nSPS) is 11.7. The van der Waals surface area contributed by atoms with Gasteiger partial charge in [0.1, 0.15) is 6.04 Å². The zero-order valence-corrected chi connectivity index (χ0v) is 18.3. The summed E-state index contributed by atoms with van der Waals surface area (Å²) in [5.41, 5.74) is 0.946. The van der Waals surface area contributed by atoms with Gasteiger partial charge < -0.3 is 10.6 Å². The standard InChI is InChI=1S/C21H31ClN2O3S/c1-3-4-13-23-21(27)19(15-17-9-11-18(22)12-10-17)24-20(26)8-6-5-7-14-28-16(2)25/h9-12,19H,3-8,13-15H2,1-2H3,(H,23,27)(H,24,26)/t19-/m1/s1. The summed E-state index contributed by atoms with van der Waals surface area (Å²) < 4.78 is 0. The van der Waals surface area contributed by atoms with Crippen LogP contribution >= 0.6 is 23.4 Å². The number of hydrogen-bond donors (Lipinski definition) is 2. The van der Waals surface area contributed by atoms with Crippen LogP contribution < -0.4 is 10.6 Å². The van der Waals surface area contributed by atoms with Gasteiger partial charge in [-0.25, -0.2) is 0 Å². The van der Waals surface area contributed by atoms with E-state index in [0.29, 0.717) is 24.4 Å². The summed E-state index contributed by atoms with van der Waals surface area (Å²) in [5, 5.41) is 6.53. The molecule has 0 unspecified atom stereocenters. The molecule has 1 rings (SSSR count). The Kier molecular flexibility index (Phi) is 12.7. The maximum Gasteiger partial charge on any atom is 0.242 e. The highest BCUT2D eigenvalue weighted by Gasteiger charge is 2.20.